The van der Waals surface area contributed by atoms with Crippen LogP contribution in [-0.2, 0) is 0 Å². The van der Waals surface area contributed by atoms with Crippen LogP contribution in [-0.4, -0.2) is 4.57 Å². The van der Waals surface area contributed by atoms with Crippen molar-refractivity contribution in [3.05, 3.63) is 181 Å². The Labute approximate surface area is 315 Å². The minimum absolute atomic E-state index is 1.13. The molecule has 0 fully saturated rings. The maximum atomic E-state index is 2.47. The quantitative estimate of drug-likeness (QED) is 0.172. The molecule has 0 spiro atoms. The number of thiophene rings is 2. The largest absolute Gasteiger partial charge is 0.310 e. The minimum atomic E-state index is 1.13. The molecule has 53 heavy (non-hydrogen) atoms. The first-order chi connectivity index (χ1) is 26.2. The molecule has 8 aromatic carbocycles. The number of aryl methyl sites for hydroxylation is 1. The summed E-state index contributed by atoms with van der Waals surface area (Å²) in [6.07, 6.45) is 0. The van der Waals surface area contributed by atoms with E-state index in [9.17, 15) is 0 Å². The van der Waals surface area contributed by atoms with E-state index in [-0.39, 0.29) is 0 Å². The molecule has 4 heteroatoms. The van der Waals surface area contributed by atoms with Gasteiger partial charge in [-0.25, -0.2) is 0 Å². The number of nitrogens with zero attached hydrogens (tertiary/aromatic N) is 2. The Bertz CT molecular complexity index is 3180. The summed E-state index contributed by atoms with van der Waals surface area (Å²) >= 11 is 3.72. The fourth-order valence-corrected chi connectivity index (χ4v) is 10.3. The predicted molar refractivity (Wildman–Crippen MR) is 231 cm³/mol. The number of anilines is 3. The molecular formula is C49H32N2S2. The van der Waals surface area contributed by atoms with Crippen LogP contribution in [0.4, 0.5) is 17.1 Å². The summed E-state index contributed by atoms with van der Waals surface area (Å²) in [6, 6.07) is 65.0. The van der Waals surface area contributed by atoms with Crippen molar-refractivity contribution in [1.82, 2.24) is 4.57 Å². The first-order valence-corrected chi connectivity index (χ1v) is 19.6. The van der Waals surface area contributed by atoms with Gasteiger partial charge in [0.05, 0.1) is 16.7 Å². The molecule has 250 valence electrons. The van der Waals surface area contributed by atoms with E-state index >= 15 is 0 Å². The molecule has 2 nitrogen and oxygen atoms in total. The number of hydrogen-bond donors (Lipinski definition) is 0. The van der Waals surface area contributed by atoms with E-state index in [0.717, 1.165) is 17.1 Å². The van der Waals surface area contributed by atoms with E-state index in [1.54, 1.807) is 0 Å². The molecule has 11 rings (SSSR count). The molecule has 0 aliphatic carbocycles. The van der Waals surface area contributed by atoms with Gasteiger partial charge in [0.15, 0.2) is 0 Å². The Balaban J connectivity index is 1.22. The zero-order chi connectivity index (χ0) is 35.0. The second-order valence-corrected chi connectivity index (χ2v) is 16.0. The van der Waals surface area contributed by atoms with Crippen LogP contribution < -0.4 is 4.90 Å². The van der Waals surface area contributed by atoms with Gasteiger partial charge in [-0.3, -0.25) is 0 Å². The molecule has 0 unspecified atom stereocenters. The van der Waals surface area contributed by atoms with E-state index in [0.29, 0.717) is 0 Å². The number of hydrogen-bond acceptors (Lipinski definition) is 3. The van der Waals surface area contributed by atoms with Gasteiger partial charge in [0, 0.05) is 68.2 Å². The predicted octanol–water partition coefficient (Wildman–Crippen LogP) is 15.0. The second-order valence-electron chi connectivity index (χ2n) is 13.8. The van der Waals surface area contributed by atoms with E-state index in [4.69, 9.17) is 0 Å². The monoisotopic (exact) mass is 712 g/mol. The standard InChI is InChI=1S/C49H32N2S2/c1-31-18-20-32(21-19-31)33-22-25-42-41(28-33)49-43(14-9-15-44(49)51(42)36-24-27-48-40(30-36)38-13-6-8-17-46(38)53-48)50(34-10-3-2-4-11-34)35-23-26-47-39(29-35)37-12-5-7-16-45(37)52-47/h2-30H,1H3. The van der Waals surface area contributed by atoms with Gasteiger partial charge in [-0.15, -0.1) is 22.7 Å². The smallest absolute Gasteiger partial charge is 0.0562 e. The molecule has 0 radical (unpaired) electrons. The summed E-state index contributed by atoms with van der Waals surface area (Å²) in [5.74, 6) is 0. The van der Waals surface area contributed by atoms with Gasteiger partial charge < -0.3 is 9.47 Å². The molecule has 0 aliphatic rings. The molecule has 0 N–H and O–H groups in total. The molecule has 3 heterocycles. The van der Waals surface area contributed by atoms with Crippen LogP contribution in [0, 0.1) is 6.92 Å². The van der Waals surface area contributed by atoms with Gasteiger partial charge in [0.25, 0.3) is 0 Å². The summed E-state index contributed by atoms with van der Waals surface area (Å²) in [5.41, 5.74) is 10.6. The van der Waals surface area contributed by atoms with Crippen LogP contribution >= 0.6 is 22.7 Å². The molecule has 3 aromatic heterocycles. The van der Waals surface area contributed by atoms with Crippen molar-refractivity contribution in [2.24, 2.45) is 0 Å². The lowest BCUT2D eigenvalue weighted by Crippen LogP contribution is -2.10. The van der Waals surface area contributed by atoms with E-state index in [2.05, 4.69) is 192 Å². The van der Waals surface area contributed by atoms with Gasteiger partial charge in [0.1, 0.15) is 0 Å². The van der Waals surface area contributed by atoms with Gasteiger partial charge in [-0.1, -0.05) is 96.6 Å². The van der Waals surface area contributed by atoms with Gasteiger partial charge in [-0.2, -0.15) is 0 Å². The average Bonchev–Trinajstić information content (AvgIpc) is 3.88. The third kappa shape index (κ3) is 4.84. The van der Waals surface area contributed by atoms with Crippen molar-refractivity contribution in [1.29, 1.82) is 0 Å². The topological polar surface area (TPSA) is 8.17 Å². The summed E-state index contributed by atoms with van der Waals surface area (Å²) in [5, 5.41) is 7.66. The molecule has 0 atom stereocenters. The van der Waals surface area contributed by atoms with E-state index in [1.807, 2.05) is 22.7 Å². The first-order valence-electron chi connectivity index (χ1n) is 18.0. The minimum Gasteiger partial charge on any atom is -0.310 e. The van der Waals surface area contributed by atoms with Crippen LogP contribution in [0.5, 0.6) is 0 Å². The SMILES string of the molecule is Cc1ccc(-c2ccc3c(c2)c2c(N(c4ccccc4)c4ccc5sc6ccccc6c5c4)cccc2n3-c2ccc3sc4ccccc4c3c2)cc1. The maximum Gasteiger partial charge on any atom is 0.0562 e. The maximum absolute atomic E-state index is 2.47. The molecule has 0 amide bonds. The fourth-order valence-electron chi connectivity index (χ4n) is 8.15. The van der Waals surface area contributed by atoms with Crippen LogP contribution in [0.25, 0.3) is 79.0 Å². The zero-order valence-corrected chi connectivity index (χ0v) is 30.6. The van der Waals surface area contributed by atoms with Gasteiger partial charge in [-0.05, 0) is 103 Å². The van der Waals surface area contributed by atoms with Crippen molar-refractivity contribution < 1.29 is 0 Å². The number of fused-ring (bicyclic) bond motifs is 9. The highest BCUT2D eigenvalue weighted by Crippen LogP contribution is 2.47. The van der Waals surface area contributed by atoms with Gasteiger partial charge >= 0.3 is 0 Å². The molecule has 0 saturated heterocycles. The van der Waals surface area contributed by atoms with E-state index < -0.39 is 0 Å². The third-order valence-electron chi connectivity index (χ3n) is 10.6. The number of para-hydroxylation sites is 1. The first kappa shape index (κ1) is 30.4. The average molecular weight is 713 g/mol. The highest BCUT2D eigenvalue weighted by Gasteiger charge is 2.22. The van der Waals surface area contributed by atoms with Crippen molar-refractivity contribution >= 4 is 102 Å². The lowest BCUT2D eigenvalue weighted by atomic mass is 10.0. The zero-order valence-electron chi connectivity index (χ0n) is 29.0. The van der Waals surface area contributed by atoms with Gasteiger partial charge in [0.2, 0.25) is 0 Å². The van der Waals surface area contributed by atoms with Crippen LogP contribution in [0.1, 0.15) is 5.56 Å². The Kier molecular flexibility index (Phi) is 6.85. The summed E-state index contributed by atoms with van der Waals surface area (Å²) < 4.78 is 7.72. The Morgan fingerprint density at radius 2 is 1.06 bits per heavy atom. The number of benzene rings is 8. The molecule has 0 aliphatic heterocycles. The summed E-state index contributed by atoms with van der Waals surface area (Å²) in [4.78, 5) is 2.45. The van der Waals surface area contributed by atoms with Crippen LogP contribution in [0.2, 0.25) is 0 Å². The third-order valence-corrected chi connectivity index (χ3v) is 12.9. The van der Waals surface area contributed by atoms with Crippen LogP contribution in [0.15, 0.2) is 176 Å². The molecule has 0 bridgehead atoms. The molecular weight excluding hydrogens is 681 g/mol. The fraction of sp³-hybridized carbons (Fsp3) is 0.0204. The number of aromatic nitrogens is 1. The Morgan fingerprint density at radius 1 is 0.415 bits per heavy atom. The molecule has 0 saturated carbocycles. The van der Waals surface area contributed by atoms with Crippen molar-refractivity contribution in [3.8, 4) is 16.8 Å². The van der Waals surface area contributed by atoms with Crippen molar-refractivity contribution in [3.63, 3.8) is 0 Å². The number of rotatable bonds is 5. The van der Waals surface area contributed by atoms with E-state index in [1.165, 1.54) is 84.5 Å². The Hall–Kier alpha value is -6.20. The Morgan fingerprint density at radius 3 is 1.81 bits per heavy atom. The van der Waals surface area contributed by atoms with Crippen molar-refractivity contribution in [2.75, 3.05) is 4.90 Å². The highest BCUT2D eigenvalue weighted by atomic mass is 32.1. The molecule has 11 aromatic rings. The lowest BCUT2D eigenvalue weighted by molar-refractivity contribution is 1.19. The lowest BCUT2D eigenvalue weighted by Gasteiger charge is -2.26. The van der Waals surface area contributed by atoms with Crippen LogP contribution in [0.3, 0.4) is 0 Å². The summed E-state index contributed by atoms with van der Waals surface area (Å²) in [7, 11) is 0. The highest BCUT2D eigenvalue weighted by molar-refractivity contribution is 7.26. The summed E-state index contributed by atoms with van der Waals surface area (Å²) in [6.45, 7) is 2.15. The van der Waals surface area contributed by atoms with Crippen molar-refractivity contribution in [2.45, 2.75) is 6.92 Å². The second kappa shape index (κ2) is 11.9. The normalized spacial score (nSPS) is 11.9.